The first kappa shape index (κ1) is 9.77. The Labute approximate surface area is 87.6 Å². The third-order valence-corrected chi connectivity index (χ3v) is 2.52. The first-order chi connectivity index (χ1) is 7.11. The van der Waals surface area contributed by atoms with Crippen molar-refractivity contribution in [2.75, 3.05) is 7.11 Å². The van der Waals surface area contributed by atoms with E-state index in [-0.39, 0.29) is 5.76 Å². The number of hydrogen-bond acceptors (Lipinski definition) is 3. The number of aryl methyl sites for hydroxylation is 2. The molecule has 0 fully saturated rings. The first-order valence-electron chi connectivity index (χ1n) is 4.71. The molecular weight excluding hydrogens is 192 g/mol. The van der Waals surface area contributed by atoms with Crippen molar-refractivity contribution in [3.63, 3.8) is 0 Å². The summed E-state index contributed by atoms with van der Waals surface area (Å²) in [7, 11) is 1.34. The number of rotatable bonds is 1. The lowest BCUT2D eigenvalue weighted by molar-refractivity contribution is 0.0567. The van der Waals surface area contributed by atoms with Crippen LogP contribution in [0.15, 0.2) is 22.6 Å². The third-order valence-electron chi connectivity index (χ3n) is 2.52. The summed E-state index contributed by atoms with van der Waals surface area (Å²) in [6, 6.07) is 5.63. The van der Waals surface area contributed by atoms with Crippen molar-refractivity contribution in [2.24, 2.45) is 0 Å². The van der Waals surface area contributed by atoms with E-state index in [1.54, 1.807) is 6.07 Å². The summed E-state index contributed by atoms with van der Waals surface area (Å²) in [5.41, 5.74) is 3.05. The smallest absolute Gasteiger partial charge is 0.373 e. The molecule has 0 bridgehead atoms. The number of methoxy groups -OCH3 is 1. The van der Waals surface area contributed by atoms with Crippen molar-refractivity contribution >= 4 is 16.9 Å². The summed E-state index contributed by atoms with van der Waals surface area (Å²) in [5.74, 6) is -0.195. The number of hydrogen-bond donors (Lipinski definition) is 0. The van der Waals surface area contributed by atoms with Gasteiger partial charge in [0, 0.05) is 5.39 Å². The van der Waals surface area contributed by atoms with Crippen LogP contribution < -0.4 is 0 Å². The molecule has 0 saturated heterocycles. The second kappa shape index (κ2) is 3.42. The molecule has 0 saturated carbocycles. The van der Waals surface area contributed by atoms with E-state index < -0.39 is 5.97 Å². The Bertz CT molecular complexity index is 484. The second-order valence-corrected chi connectivity index (χ2v) is 3.58. The zero-order valence-corrected chi connectivity index (χ0v) is 8.96. The minimum atomic E-state index is -0.443. The zero-order chi connectivity index (χ0) is 11.0. The van der Waals surface area contributed by atoms with Crippen LogP contribution in [0, 0.1) is 13.8 Å². The highest BCUT2D eigenvalue weighted by atomic mass is 16.5. The Balaban J connectivity index is 2.61. The Morgan fingerprint density at radius 2 is 1.87 bits per heavy atom. The predicted molar refractivity (Wildman–Crippen MR) is 57.0 cm³/mol. The molecular formula is C12H12O3. The number of fused-ring (bicyclic) bond motifs is 1. The molecule has 15 heavy (non-hydrogen) atoms. The van der Waals surface area contributed by atoms with Gasteiger partial charge < -0.3 is 9.15 Å². The molecule has 0 unspecified atom stereocenters. The number of carbonyl (C=O) groups excluding carboxylic acids is 1. The zero-order valence-electron chi connectivity index (χ0n) is 8.96. The van der Waals surface area contributed by atoms with E-state index in [0.717, 1.165) is 16.5 Å². The molecule has 0 N–H and O–H groups in total. The summed E-state index contributed by atoms with van der Waals surface area (Å²) in [6.45, 7) is 4.04. The van der Waals surface area contributed by atoms with E-state index in [1.165, 1.54) is 12.7 Å². The van der Waals surface area contributed by atoms with Gasteiger partial charge >= 0.3 is 5.97 Å². The monoisotopic (exact) mass is 204 g/mol. The Hall–Kier alpha value is -1.77. The standard InChI is InChI=1S/C12H12O3/c1-7-4-9-6-11(12(13)14-3)15-10(9)5-8(7)2/h4-6H,1-3H3. The van der Waals surface area contributed by atoms with Crippen LogP contribution in [0.2, 0.25) is 0 Å². The van der Waals surface area contributed by atoms with Crippen molar-refractivity contribution in [2.45, 2.75) is 13.8 Å². The fourth-order valence-electron chi connectivity index (χ4n) is 1.50. The molecule has 0 amide bonds. The van der Waals surface area contributed by atoms with Gasteiger partial charge in [-0.25, -0.2) is 4.79 Å². The molecule has 2 aromatic rings. The summed E-state index contributed by atoms with van der Waals surface area (Å²) in [6.07, 6.45) is 0. The van der Waals surface area contributed by atoms with E-state index in [4.69, 9.17) is 4.42 Å². The predicted octanol–water partition coefficient (Wildman–Crippen LogP) is 2.84. The van der Waals surface area contributed by atoms with Gasteiger partial charge in [0.05, 0.1) is 7.11 Å². The van der Waals surface area contributed by atoms with Crippen molar-refractivity contribution in [3.8, 4) is 0 Å². The maximum absolute atomic E-state index is 11.2. The van der Waals surface area contributed by atoms with Crippen LogP contribution in [0.3, 0.4) is 0 Å². The normalized spacial score (nSPS) is 10.6. The number of ether oxygens (including phenoxy) is 1. The van der Waals surface area contributed by atoms with Gasteiger partial charge in [-0.05, 0) is 43.2 Å². The molecule has 78 valence electrons. The number of benzene rings is 1. The maximum Gasteiger partial charge on any atom is 0.373 e. The molecule has 3 nitrogen and oxygen atoms in total. The molecule has 3 heteroatoms. The Kier molecular flexibility index (Phi) is 2.23. The third kappa shape index (κ3) is 1.61. The van der Waals surface area contributed by atoms with Crippen LogP contribution in [0.1, 0.15) is 21.7 Å². The molecule has 0 spiro atoms. The van der Waals surface area contributed by atoms with Gasteiger partial charge in [0.25, 0.3) is 0 Å². The van der Waals surface area contributed by atoms with E-state index in [0.29, 0.717) is 0 Å². The summed E-state index contributed by atoms with van der Waals surface area (Å²) >= 11 is 0. The van der Waals surface area contributed by atoms with Crippen molar-refractivity contribution < 1.29 is 13.9 Å². The Morgan fingerprint density at radius 3 is 2.53 bits per heavy atom. The Morgan fingerprint density at radius 1 is 1.20 bits per heavy atom. The molecule has 1 aromatic carbocycles. The largest absolute Gasteiger partial charge is 0.463 e. The van der Waals surface area contributed by atoms with Crippen LogP contribution >= 0.6 is 0 Å². The molecule has 0 aliphatic rings. The quantitative estimate of drug-likeness (QED) is 0.670. The first-order valence-corrected chi connectivity index (χ1v) is 4.71. The van der Waals surface area contributed by atoms with Gasteiger partial charge in [0.15, 0.2) is 0 Å². The summed E-state index contributed by atoms with van der Waals surface area (Å²) in [5, 5.41) is 0.929. The molecule has 0 radical (unpaired) electrons. The molecule has 1 aromatic heterocycles. The highest BCUT2D eigenvalue weighted by Gasteiger charge is 2.12. The van der Waals surface area contributed by atoms with Crippen LogP contribution in [0.25, 0.3) is 11.0 Å². The van der Waals surface area contributed by atoms with Gasteiger partial charge in [-0.15, -0.1) is 0 Å². The van der Waals surface area contributed by atoms with Gasteiger partial charge in [-0.3, -0.25) is 0 Å². The van der Waals surface area contributed by atoms with Gasteiger partial charge in [0.1, 0.15) is 5.58 Å². The minimum Gasteiger partial charge on any atom is -0.463 e. The van der Waals surface area contributed by atoms with Gasteiger partial charge in [0.2, 0.25) is 5.76 Å². The van der Waals surface area contributed by atoms with Crippen molar-refractivity contribution in [3.05, 3.63) is 35.1 Å². The summed E-state index contributed by atoms with van der Waals surface area (Å²) < 4.78 is 9.98. The highest BCUT2D eigenvalue weighted by Crippen LogP contribution is 2.23. The number of carbonyl (C=O) groups is 1. The van der Waals surface area contributed by atoms with Gasteiger partial charge in [-0.1, -0.05) is 0 Å². The molecule has 1 heterocycles. The minimum absolute atomic E-state index is 0.248. The van der Waals surface area contributed by atoms with Crippen molar-refractivity contribution in [1.82, 2.24) is 0 Å². The maximum atomic E-state index is 11.2. The van der Waals surface area contributed by atoms with E-state index >= 15 is 0 Å². The fraction of sp³-hybridized carbons (Fsp3) is 0.250. The molecule has 0 aliphatic carbocycles. The van der Waals surface area contributed by atoms with Crippen molar-refractivity contribution in [1.29, 1.82) is 0 Å². The van der Waals surface area contributed by atoms with E-state index in [9.17, 15) is 4.79 Å². The average Bonchev–Trinajstić information content (AvgIpc) is 2.60. The lowest BCUT2D eigenvalue weighted by Crippen LogP contribution is -1.97. The van der Waals surface area contributed by atoms with Gasteiger partial charge in [-0.2, -0.15) is 0 Å². The lowest BCUT2D eigenvalue weighted by atomic mass is 10.1. The lowest BCUT2D eigenvalue weighted by Gasteiger charge is -1.97. The summed E-state index contributed by atoms with van der Waals surface area (Å²) in [4.78, 5) is 11.2. The molecule has 0 aliphatic heterocycles. The van der Waals surface area contributed by atoms with Crippen LogP contribution in [0.4, 0.5) is 0 Å². The van der Waals surface area contributed by atoms with Crippen LogP contribution in [0.5, 0.6) is 0 Å². The number of furan rings is 1. The van der Waals surface area contributed by atoms with Crippen LogP contribution in [-0.4, -0.2) is 13.1 Å². The highest BCUT2D eigenvalue weighted by molar-refractivity contribution is 5.92. The second-order valence-electron chi connectivity index (χ2n) is 3.58. The fourth-order valence-corrected chi connectivity index (χ4v) is 1.50. The van der Waals surface area contributed by atoms with Crippen LogP contribution in [-0.2, 0) is 4.74 Å². The van der Waals surface area contributed by atoms with E-state index in [1.807, 2.05) is 26.0 Å². The number of esters is 1. The van der Waals surface area contributed by atoms with E-state index in [2.05, 4.69) is 4.74 Å². The molecule has 2 rings (SSSR count). The average molecular weight is 204 g/mol. The SMILES string of the molecule is COC(=O)c1cc2cc(C)c(C)cc2o1. The topological polar surface area (TPSA) is 39.4 Å². The molecule has 0 atom stereocenters.